The molecule has 0 aromatic heterocycles. The third-order valence-corrected chi connectivity index (χ3v) is 4.28. The van der Waals surface area contributed by atoms with E-state index in [-0.39, 0.29) is 6.03 Å². The van der Waals surface area contributed by atoms with Crippen molar-refractivity contribution in [2.24, 2.45) is 0 Å². The van der Waals surface area contributed by atoms with Crippen molar-refractivity contribution < 1.29 is 4.79 Å². The smallest absolute Gasteiger partial charge is 0.314 e. The van der Waals surface area contributed by atoms with E-state index in [1.807, 2.05) is 48.5 Å². The second kappa shape index (κ2) is 8.81. The van der Waals surface area contributed by atoms with Crippen LogP contribution < -0.4 is 10.6 Å². The van der Waals surface area contributed by atoms with Gasteiger partial charge in [-0.05, 0) is 42.2 Å². The first-order valence-corrected chi connectivity index (χ1v) is 8.32. The number of amides is 2. The molecule has 2 aromatic rings. The van der Waals surface area contributed by atoms with Crippen molar-refractivity contribution in [1.82, 2.24) is 10.6 Å². The Balaban J connectivity index is 1.64. The number of urea groups is 1. The van der Waals surface area contributed by atoms with E-state index in [9.17, 15) is 4.79 Å². The minimum atomic E-state index is -0.138. The molecule has 0 aliphatic heterocycles. The second-order valence-corrected chi connectivity index (χ2v) is 6.19. The highest BCUT2D eigenvalue weighted by molar-refractivity contribution is 9.10. The number of hydrogen-bond donors (Lipinski definition) is 2. The van der Waals surface area contributed by atoms with E-state index in [0.29, 0.717) is 13.1 Å². The minimum Gasteiger partial charge on any atom is -0.338 e. The molecule has 0 unspecified atom stereocenters. The van der Waals surface area contributed by atoms with Crippen LogP contribution in [0.5, 0.6) is 0 Å². The van der Waals surface area contributed by atoms with E-state index in [0.717, 1.165) is 27.9 Å². The van der Waals surface area contributed by atoms with Crippen molar-refractivity contribution in [2.75, 3.05) is 13.1 Å². The van der Waals surface area contributed by atoms with Crippen LogP contribution >= 0.6 is 27.5 Å². The summed E-state index contributed by atoms with van der Waals surface area (Å²) in [4.78, 5) is 11.7. The number of benzene rings is 2. The Hall–Kier alpha value is -1.52. The van der Waals surface area contributed by atoms with E-state index in [4.69, 9.17) is 11.6 Å². The van der Waals surface area contributed by atoms with Gasteiger partial charge >= 0.3 is 6.03 Å². The van der Waals surface area contributed by atoms with Gasteiger partial charge < -0.3 is 10.6 Å². The lowest BCUT2D eigenvalue weighted by molar-refractivity contribution is 0.241. The van der Waals surface area contributed by atoms with Gasteiger partial charge in [0.2, 0.25) is 0 Å². The fraction of sp³-hybridized carbons (Fsp3) is 0.235. The van der Waals surface area contributed by atoms with Crippen LogP contribution in [-0.2, 0) is 12.8 Å². The zero-order valence-corrected chi connectivity index (χ0v) is 14.5. The van der Waals surface area contributed by atoms with E-state index >= 15 is 0 Å². The van der Waals surface area contributed by atoms with Crippen molar-refractivity contribution in [3.05, 3.63) is 69.2 Å². The van der Waals surface area contributed by atoms with Crippen LogP contribution in [0.15, 0.2) is 53.0 Å². The lowest BCUT2D eigenvalue weighted by Gasteiger charge is -2.08. The van der Waals surface area contributed by atoms with Gasteiger partial charge in [0.05, 0.1) is 0 Å². The second-order valence-electron chi connectivity index (χ2n) is 4.90. The summed E-state index contributed by atoms with van der Waals surface area (Å²) in [5.41, 5.74) is 2.34. The molecule has 3 nitrogen and oxygen atoms in total. The fourth-order valence-corrected chi connectivity index (χ4v) is 2.65. The van der Waals surface area contributed by atoms with Crippen LogP contribution in [-0.4, -0.2) is 19.1 Å². The quantitative estimate of drug-likeness (QED) is 0.774. The maximum Gasteiger partial charge on any atom is 0.314 e. The van der Waals surface area contributed by atoms with Crippen molar-refractivity contribution in [2.45, 2.75) is 12.8 Å². The SMILES string of the molecule is O=C(NCCc1ccc(Cl)cc1)NCCc1ccccc1Br. The van der Waals surface area contributed by atoms with Crippen molar-refractivity contribution >= 4 is 33.6 Å². The van der Waals surface area contributed by atoms with Gasteiger partial charge in [-0.3, -0.25) is 0 Å². The summed E-state index contributed by atoms with van der Waals surface area (Å²) < 4.78 is 1.07. The molecule has 0 bridgehead atoms. The van der Waals surface area contributed by atoms with Crippen LogP contribution in [0.4, 0.5) is 4.79 Å². The highest BCUT2D eigenvalue weighted by Crippen LogP contribution is 2.15. The van der Waals surface area contributed by atoms with E-state index in [2.05, 4.69) is 26.6 Å². The van der Waals surface area contributed by atoms with Crippen LogP contribution in [0, 0.1) is 0 Å². The largest absolute Gasteiger partial charge is 0.338 e. The van der Waals surface area contributed by atoms with Gasteiger partial charge in [0.25, 0.3) is 0 Å². The topological polar surface area (TPSA) is 41.1 Å². The Bertz CT molecular complexity index is 616. The van der Waals surface area contributed by atoms with Gasteiger partial charge in [-0.15, -0.1) is 0 Å². The van der Waals surface area contributed by atoms with Gasteiger partial charge in [-0.25, -0.2) is 4.79 Å². The monoisotopic (exact) mass is 380 g/mol. The average molecular weight is 382 g/mol. The lowest BCUT2D eigenvalue weighted by Crippen LogP contribution is -2.37. The number of halogens is 2. The number of rotatable bonds is 6. The molecule has 0 spiro atoms. The molecule has 116 valence electrons. The average Bonchev–Trinajstić information content (AvgIpc) is 2.51. The Morgan fingerprint density at radius 2 is 1.59 bits per heavy atom. The summed E-state index contributed by atoms with van der Waals surface area (Å²) in [5, 5.41) is 6.44. The summed E-state index contributed by atoms with van der Waals surface area (Å²) in [5.74, 6) is 0. The molecule has 2 N–H and O–H groups in total. The zero-order chi connectivity index (χ0) is 15.8. The normalized spacial score (nSPS) is 10.3. The number of carbonyl (C=O) groups is 1. The Morgan fingerprint density at radius 1 is 0.955 bits per heavy atom. The first kappa shape index (κ1) is 16.8. The molecule has 0 aliphatic rings. The van der Waals surface area contributed by atoms with E-state index < -0.39 is 0 Å². The highest BCUT2D eigenvalue weighted by Gasteiger charge is 2.02. The van der Waals surface area contributed by atoms with E-state index in [1.165, 1.54) is 5.56 Å². The number of nitrogens with one attached hydrogen (secondary N) is 2. The van der Waals surface area contributed by atoms with Gasteiger partial charge in [-0.2, -0.15) is 0 Å². The summed E-state index contributed by atoms with van der Waals surface area (Å²) in [7, 11) is 0. The molecule has 22 heavy (non-hydrogen) atoms. The zero-order valence-electron chi connectivity index (χ0n) is 12.1. The molecule has 2 amide bonds. The molecule has 0 saturated carbocycles. The number of hydrogen-bond acceptors (Lipinski definition) is 1. The molecule has 0 radical (unpaired) electrons. The van der Waals surface area contributed by atoms with Crippen molar-refractivity contribution in [3.63, 3.8) is 0 Å². The summed E-state index contributed by atoms with van der Waals surface area (Å²) in [6, 6.07) is 15.5. The molecule has 5 heteroatoms. The molecule has 0 saturated heterocycles. The van der Waals surface area contributed by atoms with Crippen molar-refractivity contribution in [3.8, 4) is 0 Å². The Kier molecular flexibility index (Phi) is 6.74. The molecule has 2 aromatic carbocycles. The molecular weight excluding hydrogens is 364 g/mol. The predicted octanol–water partition coefficient (Wildman–Crippen LogP) is 4.19. The first-order valence-electron chi connectivity index (χ1n) is 7.15. The predicted molar refractivity (Wildman–Crippen MR) is 94.4 cm³/mol. The maximum absolute atomic E-state index is 11.7. The molecule has 2 rings (SSSR count). The molecule has 0 atom stereocenters. The molecule has 0 fully saturated rings. The maximum atomic E-state index is 11.7. The Morgan fingerprint density at radius 3 is 2.27 bits per heavy atom. The van der Waals surface area contributed by atoms with Gasteiger partial charge in [0.1, 0.15) is 0 Å². The van der Waals surface area contributed by atoms with Gasteiger partial charge in [0, 0.05) is 22.6 Å². The van der Waals surface area contributed by atoms with Crippen LogP contribution in [0.25, 0.3) is 0 Å². The molecule has 0 aliphatic carbocycles. The standard InChI is InChI=1S/C17H18BrClN2O/c18-16-4-2-1-3-14(16)10-12-21-17(22)20-11-9-13-5-7-15(19)8-6-13/h1-8H,9-12H2,(H2,20,21,22). The van der Waals surface area contributed by atoms with E-state index in [1.54, 1.807) is 0 Å². The first-order chi connectivity index (χ1) is 10.6. The molecular formula is C17H18BrClN2O. The summed E-state index contributed by atoms with van der Waals surface area (Å²) >= 11 is 9.33. The Labute approximate surface area is 144 Å². The van der Waals surface area contributed by atoms with Crippen molar-refractivity contribution in [1.29, 1.82) is 0 Å². The van der Waals surface area contributed by atoms with Crippen LogP contribution in [0.2, 0.25) is 5.02 Å². The minimum absolute atomic E-state index is 0.138. The molecule has 0 heterocycles. The summed E-state index contributed by atoms with van der Waals surface area (Å²) in [6.45, 7) is 1.21. The number of carbonyl (C=O) groups excluding carboxylic acids is 1. The third-order valence-electron chi connectivity index (χ3n) is 3.25. The van der Waals surface area contributed by atoms with Crippen LogP contribution in [0.3, 0.4) is 0 Å². The van der Waals surface area contributed by atoms with Gasteiger partial charge in [-0.1, -0.05) is 57.9 Å². The van der Waals surface area contributed by atoms with Crippen LogP contribution in [0.1, 0.15) is 11.1 Å². The lowest BCUT2D eigenvalue weighted by atomic mass is 10.1. The fourth-order valence-electron chi connectivity index (χ4n) is 2.05. The third kappa shape index (κ3) is 5.70. The highest BCUT2D eigenvalue weighted by atomic mass is 79.9. The summed E-state index contributed by atoms with van der Waals surface area (Å²) in [6.07, 6.45) is 1.58. The van der Waals surface area contributed by atoms with Gasteiger partial charge in [0.15, 0.2) is 0 Å².